The first-order valence-corrected chi connectivity index (χ1v) is 5.49. The van der Waals surface area contributed by atoms with Gasteiger partial charge in [0.25, 0.3) is 0 Å². The Morgan fingerprint density at radius 3 is 2.47 bits per heavy atom. The lowest BCUT2D eigenvalue weighted by Gasteiger charge is -2.21. The second-order valence-corrected chi connectivity index (χ2v) is 4.12. The van der Waals surface area contributed by atoms with Crippen LogP contribution in [-0.4, -0.2) is 28.6 Å². The molecule has 1 aliphatic rings. The van der Waals surface area contributed by atoms with Gasteiger partial charge in [0, 0.05) is 12.1 Å². The van der Waals surface area contributed by atoms with Crippen LogP contribution in [-0.2, 0) is 0 Å². The zero-order valence-electron chi connectivity index (χ0n) is 9.30. The molecular weight excluding hydrogens is 220 g/mol. The van der Waals surface area contributed by atoms with Gasteiger partial charge in [-0.05, 0) is 30.5 Å². The highest BCUT2D eigenvalue weighted by Crippen LogP contribution is 2.31. The lowest BCUT2D eigenvalue weighted by atomic mass is 10.0. The first-order chi connectivity index (χ1) is 8.09. The Balaban J connectivity index is 2.22. The third-order valence-electron chi connectivity index (χ3n) is 3.08. The zero-order chi connectivity index (χ0) is 12.4. The number of benzene rings is 1. The SMILES string of the molecule is NC(=O)c1ccc([C@@H]2CCCN2C(=O)O)cc1. The predicted molar refractivity (Wildman–Crippen MR) is 61.7 cm³/mol. The third kappa shape index (κ3) is 2.22. The highest BCUT2D eigenvalue weighted by Gasteiger charge is 2.29. The van der Waals surface area contributed by atoms with Gasteiger partial charge >= 0.3 is 6.09 Å². The van der Waals surface area contributed by atoms with Gasteiger partial charge < -0.3 is 15.7 Å². The molecule has 1 aromatic carbocycles. The Morgan fingerprint density at radius 1 is 1.29 bits per heavy atom. The zero-order valence-corrected chi connectivity index (χ0v) is 9.30. The van der Waals surface area contributed by atoms with E-state index in [0.29, 0.717) is 12.1 Å². The average molecular weight is 234 g/mol. The van der Waals surface area contributed by atoms with Gasteiger partial charge in [0.1, 0.15) is 0 Å². The van der Waals surface area contributed by atoms with Crippen LogP contribution in [0.3, 0.4) is 0 Å². The maximum Gasteiger partial charge on any atom is 0.407 e. The number of carbonyl (C=O) groups excluding carboxylic acids is 1. The molecular formula is C12H14N2O3. The Kier molecular flexibility index (Phi) is 2.99. The molecule has 0 saturated carbocycles. The summed E-state index contributed by atoms with van der Waals surface area (Å²) >= 11 is 0. The number of nitrogens with zero attached hydrogens (tertiary/aromatic N) is 1. The maximum atomic E-state index is 11.0. The summed E-state index contributed by atoms with van der Waals surface area (Å²) in [6.45, 7) is 0.567. The molecule has 1 atom stereocenters. The smallest absolute Gasteiger partial charge is 0.407 e. The van der Waals surface area contributed by atoms with Crippen molar-refractivity contribution in [2.75, 3.05) is 6.54 Å². The summed E-state index contributed by atoms with van der Waals surface area (Å²) in [4.78, 5) is 23.4. The first-order valence-electron chi connectivity index (χ1n) is 5.49. The van der Waals surface area contributed by atoms with Crippen LogP contribution in [0.2, 0.25) is 0 Å². The summed E-state index contributed by atoms with van der Waals surface area (Å²) in [5.74, 6) is -0.474. The van der Waals surface area contributed by atoms with E-state index in [9.17, 15) is 9.59 Å². The van der Waals surface area contributed by atoms with Crippen molar-refractivity contribution in [3.05, 3.63) is 35.4 Å². The van der Waals surface area contributed by atoms with Gasteiger partial charge in [0.05, 0.1) is 6.04 Å². The molecule has 0 unspecified atom stereocenters. The molecule has 5 nitrogen and oxygen atoms in total. The van der Waals surface area contributed by atoms with Gasteiger partial charge in [-0.3, -0.25) is 4.79 Å². The number of primary amides is 1. The number of hydrogen-bond donors (Lipinski definition) is 2. The minimum atomic E-state index is -0.897. The van der Waals surface area contributed by atoms with Crippen molar-refractivity contribution in [2.45, 2.75) is 18.9 Å². The molecule has 0 aromatic heterocycles. The van der Waals surface area contributed by atoms with Gasteiger partial charge in [0.15, 0.2) is 0 Å². The van der Waals surface area contributed by atoms with E-state index in [1.807, 2.05) is 0 Å². The third-order valence-corrected chi connectivity index (χ3v) is 3.08. The summed E-state index contributed by atoms with van der Waals surface area (Å²) in [5.41, 5.74) is 6.50. The molecule has 0 spiro atoms. The molecule has 90 valence electrons. The fourth-order valence-electron chi connectivity index (χ4n) is 2.21. The summed E-state index contributed by atoms with van der Waals surface area (Å²) in [7, 11) is 0. The Morgan fingerprint density at radius 2 is 1.94 bits per heavy atom. The van der Waals surface area contributed by atoms with Crippen molar-refractivity contribution in [3.63, 3.8) is 0 Å². The average Bonchev–Trinajstić information content (AvgIpc) is 2.78. The second kappa shape index (κ2) is 4.45. The summed E-state index contributed by atoms with van der Waals surface area (Å²) < 4.78 is 0. The van der Waals surface area contributed by atoms with Crippen molar-refractivity contribution in [3.8, 4) is 0 Å². The van der Waals surface area contributed by atoms with E-state index >= 15 is 0 Å². The van der Waals surface area contributed by atoms with Crippen molar-refractivity contribution in [2.24, 2.45) is 5.73 Å². The highest BCUT2D eigenvalue weighted by atomic mass is 16.4. The minimum Gasteiger partial charge on any atom is -0.465 e. The predicted octanol–water partition coefficient (Wildman–Crippen LogP) is 1.60. The molecule has 1 heterocycles. The van der Waals surface area contributed by atoms with Crippen molar-refractivity contribution in [1.29, 1.82) is 0 Å². The molecule has 0 bridgehead atoms. The number of nitrogens with two attached hydrogens (primary N) is 1. The largest absolute Gasteiger partial charge is 0.465 e. The number of likely N-dealkylation sites (tertiary alicyclic amines) is 1. The van der Waals surface area contributed by atoms with Crippen LogP contribution in [0.1, 0.15) is 34.8 Å². The summed E-state index contributed by atoms with van der Waals surface area (Å²) in [6, 6.07) is 6.71. The fourth-order valence-corrected chi connectivity index (χ4v) is 2.21. The van der Waals surface area contributed by atoms with E-state index in [2.05, 4.69) is 0 Å². The fraction of sp³-hybridized carbons (Fsp3) is 0.333. The lowest BCUT2D eigenvalue weighted by Crippen LogP contribution is -2.28. The summed E-state index contributed by atoms with van der Waals surface area (Å²) in [5, 5.41) is 9.04. The van der Waals surface area contributed by atoms with E-state index in [4.69, 9.17) is 10.8 Å². The monoisotopic (exact) mass is 234 g/mol. The Labute approximate surface area is 98.8 Å². The molecule has 1 fully saturated rings. The molecule has 1 saturated heterocycles. The second-order valence-electron chi connectivity index (χ2n) is 4.12. The standard InChI is InChI=1S/C12H14N2O3/c13-11(15)9-5-3-8(4-6-9)10-2-1-7-14(10)12(16)17/h3-6,10H,1-2,7H2,(H2,13,15)(H,16,17)/t10-/m0/s1. The normalized spacial score (nSPS) is 19.3. The van der Waals surface area contributed by atoms with Gasteiger partial charge in [-0.25, -0.2) is 4.79 Å². The molecule has 2 rings (SSSR count). The topological polar surface area (TPSA) is 83.6 Å². The summed E-state index contributed by atoms with van der Waals surface area (Å²) in [6.07, 6.45) is 0.794. The minimum absolute atomic E-state index is 0.102. The molecule has 1 aromatic rings. The molecule has 0 radical (unpaired) electrons. The number of hydrogen-bond acceptors (Lipinski definition) is 2. The van der Waals surface area contributed by atoms with E-state index in [0.717, 1.165) is 18.4 Å². The van der Waals surface area contributed by atoms with E-state index < -0.39 is 12.0 Å². The van der Waals surface area contributed by atoms with Gasteiger partial charge in [-0.1, -0.05) is 12.1 Å². The first kappa shape index (κ1) is 11.4. The van der Waals surface area contributed by atoms with E-state index in [-0.39, 0.29) is 6.04 Å². The number of carbonyl (C=O) groups is 2. The number of rotatable bonds is 2. The molecule has 17 heavy (non-hydrogen) atoms. The van der Waals surface area contributed by atoms with Crippen LogP contribution in [0, 0.1) is 0 Å². The van der Waals surface area contributed by atoms with E-state index in [1.54, 1.807) is 24.3 Å². The quantitative estimate of drug-likeness (QED) is 0.815. The number of carboxylic acid groups (broad SMARTS) is 1. The van der Waals surface area contributed by atoms with Crippen molar-refractivity contribution >= 4 is 12.0 Å². The molecule has 3 N–H and O–H groups in total. The Bertz CT molecular complexity index is 442. The van der Waals surface area contributed by atoms with E-state index in [1.165, 1.54) is 4.90 Å². The highest BCUT2D eigenvalue weighted by molar-refractivity contribution is 5.92. The van der Waals surface area contributed by atoms with Crippen LogP contribution >= 0.6 is 0 Å². The van der Waals surface area contributed by atoms with Crippen LogP contribution in [0.25, 0.3) is 0 Å². The molecule has 0 aliphatic carbocycles. The van der Waals surface area contributed by atoms with Crippen molar-refractivity contribution < 1.29 is 14.7 Å². The van der Waals surface area contributed by atoms with Crippen LogP contribution in [0.4, 0.5) is 4.79 Å². The van der Waals surface area contributed by atoms with Gasteiger partial charge in [-0.2, -0.15) is 0 Å². The van der Waals surface area contributed by atoms with Gasteiger partial charge in [-0.15, -0.1) is 0 Å². The van der Waals surface area contributed by atoms with Crippen LogP contribution < -0.4 is 5.73 Å². The van der Waals surface area contributed by atoms with Crippen LogP contribution in [0.15, 0.2) is 24.3 Å². The van der Waals surface area contributed by atoms with Gasteiger partial charge in [0.2, 0.25) is 5.91 Å². The van der Waals surface area contributed by atoms with Crippen LogP contribution in [0.5, 0.6) is 0 Å². The van der Waals surface area contributed by atoms with Crippen molar-refractivity contribution in [1.82, 2.24) is 4.90 Å². The number of amides is 2. The Hall–Kier alpha value is -2.04. The molecule has 1 aliphatic heterocycles. The lowest BCUT2D eigenvalue weighted by molar-refractivity contribution is 0.1000. The molecule has 2 amide bonds. The molecule has 5 heteroatoms. The maximum absolute atomic E-state index is 11.0.